The number of pyridine rings is 1. The first-order chi connectivity index (χ1) is 9.28. The molecule has 1 N–H and O–H groups in total. The molecule has 3 aromatic heterocycles. The molecule has 0 spiro atoms. The molecule has 0 aromatic carbocycles. The zero-order chi connectivity index (χ0) is 13.2. The molecule has 4 nitrogen and oxygen atoms in total. The summed E-state index contributed by atoms with van der Waals surface area (Å²) in [4.78, 5) is 12.1. The molecule has 0 amide bonds. The summed E-state index contributed by atoms with van der Waals surface area (Å²) in [6, 6.07) is 1.83. The van der Waals surface area contributed by atoms with Crippen molar-refractivity contribution in [1.29, 1.82) is 0 Å². The van der Waals surface area contributed by atoms with Crippen LogP contribution in [-0.2, 0) is 5.75 Å². The number of aromatic nitrogens is 3. The molecule has 3 rings (SSSR count). The maximum atomic E-state index is 5.26. The van der Waals surface area contributed by atoms with Crippen molar-refractivity contribution in [2.75, 3.05) is 7.11 Å². The van der Waals surface area contributed by atoms with Crippen LogP contribution in [0.3, 0.4) is 0 Å². The van der Waals surface area contributed by atoms with Crippen molar-refractivity contribution < 1.29 is 4.74 Å². The number of imidazole rings is 1. The van der Waals surface area contributed by atoms with Crippen LogP contribution in [0.5, 0.6) is 5.75 Å². The van der Waals surface area contributed by atoms with E-state index < -0.39 is 0 Å². The van der Waals surface area contributed by atoms with Crippen molar-refractivity contribution in [2.45, 2.75) is 10.9 Å². The van der Waals surface area contributed by atoms with Crippen LogP contribution >= 0.6 is 63.8 Å². The minimum Gasteiger partial charge on any atom is -0.495 e. The van der Waals surface area contributed by atoms with E-state index in [1.54, 1.807) is 36.4 Å². The summed E-state index contributed by atoms with van der Waals surface area (Å²) >= 11 is 6.79. The SMILES string of the molecule is COc1ccnc(CSc2nc3cscc3[nH]2)c1Br.Cl.Cl. The second-order valence-corrected chi connectivity index (χ2v) is 6.28. The van der Waals surface area contributed by atoms with Crippen molar-refractivity contribution in [1.82, 2.24) is 15.0 Å². The summed E-state index contributed by atoms with van der Waals surface area (Å²) in [5.74, 6) is 1.53. The van der Waals surface area contributed by atoms with Gasteiger partial charge in [0, 0.05) is 22.7 Å². The van der Waals surface area contributed by atoms with Gasteiger partial charge in [0.05, 0.1) is 22.8 Å². The Morgan fingerprint density at radius 1 is 1.38 bits per heavy atom. The van der Waals surface area contributed by atoms with Crippen molar-refractivity contribution in [3.63, 3.8) is 0 Å². The molecule has 21 heavy (non-hydrogen) atoms. The molecule has 0 aliphatic rings. The smallest absolute Gasteiger partial charge is 0.166 e. The maximum absolute atomic E-state index is 5.26. The molecule has 0 aliphatic carbocycles. The minimum absolute atomic E-state index is 0. The first-order valence-corrected chi connectivity index (χ1v) is 8.22. The van der Waals surface area contributed by atoms with Gasteiger partial charge < -0.3 is 9.72 Å². The van der Waals surface area contributed by atoms with E-state index in [0.717, 1.165) is 37.9 Å². The largest absolute Gasteiger partial charge is 0.495 e. The highest BCUT2D eigenvalue weighted by atomic mass is 79.9. The number of ether oxygens (including phenoxy) is 1. The topological polar surface area (TPSA) is 50.8 Å². The van der Waals surface area contributed by atoms with Crippen molar-refractivity contribution >= 4 is 74.9 Å². The highest BCUT2D eigenvalue weighted by Crippen LogP contribution is 2.31. The maximum Gasteiger partial charge on any atom is 0.166 e. The average molecular weight is 429 g/mol. The molecule has 0 radical (unpaired) electrons. The number of fused-ring (bicyclic) bond motifs is 1. The van der Waals surface area contributed by atoms with Crippen LogP contribution in [0.25, 0.3) is 11.0 Å². The first kappa shape index (κ1) is 18.6. The predicted octanol–water partition coefficient (Wildman–Crippen LogP) is 4.93. The van der Waals surface area contributed by atoms with Gasteiger partial charge in [-0.1, -0.05) is 11.8 Å². The van der Waals surface area contributed by atoms with Crippen LogP contribution in [-0.4, -0.2) is 22.1 Å². The predicted molar refractivity (Wildman–Crippen MR) is 96.5 cm³/mol. The van der Waals surface area contributed by atoms with Gasteiger partial charge in [-0.3, -0.25) is 4.98 Å². The summed E-state index contributed by atoms with van der Waals surface area (Å²) in [6.07, 6.45) is 1.75. The molecule has 0 bridgehead atoms. The van der Waals surface area contributed by atoms with Gasteiger partial charge in [0.25, 0.3) is 0 Å². The fourth-order valence-electron chi connectivity index (χ4n) is 1.65. The van der Waals surface area contributed by atoms with Gasteiger partial charge in [0.2, 0.25) is 0 Å². The highest BCUT2D eigenvalue weighted by Gasteiger charge is 2.10. The number of hydrogen-bond donors (Lipinski definition) is 1. The lowest BCUT2D eigenvalue weighted by Crippen LogP contribution is -1.93. The van der Waals surface area contributed by atoms with Crippen LogP contribution in [0.15, 0.2) is 32.7 Å². The van der Waals surface area contributed by atoms with Crippen LogP contribution in [0.4, 0.5) is 0 Å². The number of rotatable bonds is 4. The van der Waals surface area contributed by atoms with Crippen molar-refractivity contribution in [3.05, 3.63) is 33.2 Å². The number of thiophene rings is 1. The quantitative estimate of drug-likeness (QED) is 0.598. The number of H-pyrrole nitrogens is 1. The second-order valence-electron chi connectivity index (χ2n) is 3.78. The lowest BCUT2D eigenvalue weighted by Gasteiger charge is -2.06. The third kappa shape index (κ3) is 4.04. The van der Waals surface area contributed by atoms with Crippen LogP contribution < -0.4 is 4.74 Å². The monoisotopic (exact) mass is 427 g/mol. The van der Waals surface area contributed by atoms with Crippen molar-refractivity contribution in [2.24, 2.45) is 0 Å². The van der Waals surface area contributed by atoms with E-state index in [0.29, 0.717) is 0 Å². The summed E-state index contributed by atoms with van der Waals surface area (Å²) < 4.78 is 6.16. The van der Waals surface area contributed by atoms with Gasteiger partial charge in [-0.15, -0.1) is 36.2 Å². The fraction of sp³-hybridized carbons (Fsp3) is 0.167. The van der Waals surface area contributed by atoms with Crippen LogP contribution in [0, 0.1) is 0 Å². The Bertz CT molecular complexity index is 691. The average Bonchev–Trinajstić information content (AvgIpc) is 2.98. The Kier molecular flexibility index (Phi) is 7.29. The van der Waals surface area contributed by atoms with Gasteiger partial charge in [-0.05, 0) is 22.0 Å². The molecule has 3 aromatic rings. The van der Waals surface area contributed by atoms with Gasteiger partial charge in [-0.2, -0.15) is 0 Å². The Hall–Kier alpha value is -0.470. The molecule has 9 heteroatoms. The van der Waals surface area contributed by atoms with Crippen molar-refractivity contribution in [3.8, 4) is 5.75 Å². The Morgan fingerprint density at radius 2 is 2.19 bits per heavy atom. The molecule has 0 atom stereocenters. The third-order valence-electron chi connectivity index (χ3n) is 2.60. The summed E-state index contributed by atoms with van der Waals surface area (Å²) in [7, 11) is 1.65. The number of methoxy groups -OCH3 is 1. The normalized spacial score (nSPS) is 10.0. The molecule has 3 heterocycles. The Morgan fingerprint density at radius 3 is 2.90 bits per heavy atom. The molecule has 114 valence electrons. The van der Waals surface area contributed by atoms with Gasteiger partial charge in [-0.25, -0.2) is 4.98 Å². The van der Waals surface area contributed by atoms with Gasteiger partial charge in [0.1, 0.15) is 11.3 Å². The number of halogens is 3. The Balaban J connectivity index is 0.00000110. The molecular weight excluding hydrogens is 417 g/mol. The van der Waals surface area contributed by atoms with Gasteiger partial charge in [0.15, 0.2) is 5.16 Å². The van der Waals surface area contributed by atoms with E-state index in [1.165, 1.54) is 0 Å². The Labute approximate surface area is 151 Å². The van der Waals surface area contributed by atoms with E-state index in [4.69, 9.17) is 4.74 Å². The number of nitrogens with zero attached hydrogens (tertiary/aromatic N) is 2. The highest BCUT2D eigenvalue weighted by molar-refractivity contribution is 9.10. The van der Waals surface area contributed by atoms with E-state index in [1.807, 2.05) is 11.4 Å². The van der Waals surface area contributed by atoms with E-state index in [-0.39, 0.29) is 24.8 Å². The van der Waals surface area contributed by atoms with Crippen LogP contribution in [0.1, 0.15) is 5.69 Å². The second kappa shape index (κ2) is 8.24. The minimum atomic E-state index is 0. The summed E-state index contributed by atoms with van der Waals surface area (Å²) in [5.41, 5.74) is 3.05. The zero-order valence-corrected chi connectivity index (χ0v) is 15.7. The fourth-order valence-corrected chi connectivity index (χ4v) is 3.91. The summed E-state index contributed by atoms with van der Waals surface area (Å²) in [6.45, 7) is 0. The number of thioether (sulfide) groups is 1. The summed E-state index contributed by atoms with van der Waals surface area (Å²) in [5, 5.41) is 5.01. The number of hydrogen-bond acceptors (Lipinski definition) is 5. The van der Waals surface area contributed by atoms with Crippen LogP contribution in [0.2, 0.25) is 0 Å². The molecule has 0 saturated carbocycles. The number of nitrogens with one attached hydrogen (secondary N) is 1. The first-order valence-electron chi connectivity index (χ1n) is 5.50. The van der Waals surface area contributed by atoms with E-state index >= 15 is 0 Å². The van der Waals surface area contributed by atoms with Gasteiger partial charge >= 0.3 is 0 Å². The number of aromatic amines is 1. The lowest BCUT2D eigenvalue weighted by atomic mass is 10.3. The lowest BCUT2D eigenvalue weighted by molar-refractivity contribution is 0.411. The third-order valence-corrected chi connectivity index (χ3v) is 5.06. The molecule has 0 unspecified atom stereocenters. The van der Waals surface area contributed by atoms with E-state index in [2.05, 4.69) is 36.3 Å². The standard InChI is InChI=1S/C12H10BrN3OS2.2ClH/c1-17-10-2-3-14-9(11(10)13)6-19-12-15-7-4-18-5-8(7)16-12;;/h2-5H,6H2,1H3,(H,15,16);2*1H. The molecular formula is C12H12BrCl2N3OS2. The zero-order valence-electron chi connectivity index (χ0n) is 10.8. The molecule has 0 fully saturated rings. The molecule has 0 saturated heterocycles. The van der Waals surface area contributed by atoms with E-state index in [9.17, 15) is 0 Å². The molecule has 0 aliphatic heterocycles.